The van der Waals surface area contributed by atoms with Gasteiger partial charge in [0.25, 0.3) is 0 Å². The molecule has 1 aromatic heterocycles. The van der Waals surface area contributed by atoms with Gasteiger partial charge in [-0.1, -0.05) is 0 Å². The zero-order chi connectivity index (χ0) is 14.2. The summed E-state index contributed by atoms with van der Waals surface area (Å²) in [5.41, 5.74) is 1.70. The van der Waals surface area contributed by atoms with Crippen LogP contribution in [0.5, 0.6) is 0 Å². The van der Waals surface area contributed by atoms with E-state index in [1.165, 1.54) is 0 Å². The molecule has 19 heavy (non-hydrogen) atoms. The van der Waals surface area contributed by atoms with Crippen molar-refractivity contribution in [2.75, 3.05) is 13.1 Å². The fourth-order valence-electron chi connectivity index (χ4n) is 2.14. The smallest absolute Gasteiger partial charge is 0.322 e. The van der Waals surface area contributed by atoms with E-state index in [0.29, 0.717) is 6.54 Å². The Kier molecular flexibility index (Phi) is 3.91. The minimum Gasteiger partial charge on any atom is -0.480 e. The van der Waals surface area contributed by atoms with E-state index in [4.69, 9.17) is 0 Å². The molecule has 0 bridgehead atoms. The average Bonchev–Trinajstić information content (AvgIpc) is 2.56. The molecule has 0 radical (unpaired) electrons. The standard InChI is InChI=1S/C11H15BrN4O3/c1-6-10(12)8(15(2)14-6)4-16-5-9(17)13-3-7(16)11(18)19/h7H,3-5H2,1-2H3,(H,13,17)(H,18,19). The van der Waals surface area contributed by atoms with Gasteiger partial charge in [0.1, 0.15) is 6.04 Å². The number of carboxylic acid groups (broad SMARTS) is 1. The van der Waals surface area contributed by atoms with Crippen molar-refractivity contribution in [3.8, 4) is 0 Å². The number of aryl methyl sites for hydroxylation is 2. The zero-order valence-corrected chi connectivity index (χ0v) is 12.3. The number of hydrogen-bond donors (Lipinski definition) is 2. The number of carboxylic acids is 1. The number of nitrogens with zero attached hydrogens (tertiary/aromatic N) is 3. The molecule has 1 aliphatic heterocycles. The van der Waals surface area contributed by atoms with Crippen LogP contribution in [0.15, 0.2) is 4.47 Å². The molecule has 1 atom stereocenters. The van der Waals surface area contributed by atoms with Gasteiger partial charge in [0.05, 0.1) is 22.4 Å². The van der Waals surface area contributed by atoms with Crippen LogP contribution in [0.1, 0.15) is 11.4 Å². The Morgan fingerprint density at radius 2 is 2.32 bits per heavy atom. The van der Waals surface area contributed by atoms with Gasteiger partial charge in [-0.2, -0.15) is 5.10 Å². The van der Waals surface area contributed by atoms with Crippen molar-refractivity contribution in [3.05, 3.63) is 15.9 Å². The van der Waals surface area contributed by atoms with Crippen molar-refractivity contribution in [1.82, 2.24) is 20.0 Å². The summed E-state index contributed by atoms with van der Waals surface area (Å²) in [6, 6.07) is -0.709. The highest BCUT2D eigenvalue weighted by Crippen LogP contribution is 2.22. The Hall–Kier alpha value is -1.41. The van der Waals surface area contributed by atoms with Gasteiger partial charge < -0.3 is 10.4 Å². The molecule has 0 aromatic carbocycles. The number of aromatic nitrogens is 2. The highest BCUT2D eigenvalue weighted by Gasteiger charge is 2.32. The second-order valence-electron chi connectivity index (χ2n) is 4.53. The summed E-state index contributed by atoms with van der Waals surface area (Å²) >= 11 is 3.44. The molecule has 1 aliphatic rings. The minimum absolute atomic E-state index is 0.0770. The van der Waals surface area contributed by atoms with E-state index >= 15 is 0 Å². The molecular weight excluding hydrogens is 316 g/mol. The predicted molar refractivity (Wildman–Crippen MR) is 70.5 cm³/mol. The van der Waals surface area contributed by atoms with Crippen LogP contribution >= 0.6 is 15.9 Å². The van der Waals surface area contributed by atoms with Crippen LogP contribution in [0.25, 0.3) is 0 Å². The van der Waals surface area contributed by atoms with E-state index in [1.807, 2.05) is 6.92 Å². The third-order valence-electron chi connectivity index (χ3n) is 3.18. The van der Waals surface area contributed by atoms with Gasteiger partial charge >= 0.3 is 5.97 Å². The summed E-state index contributed by atoms with van der Waals surface area (Å²) in [7, 11) is 1.80. The predicted octanol–water partition coefficient (Wildman–Crippen LogP) is -0.124. The molecule has 1 aromatic rings. The summed E-state index contributed by atoms with van der Waals surface area (Å²) < 4.78 is 2.55. The van der Waals surface area contributed by atoms with E-state index < -0.39 is 12.0 Å². The molecule has 1 saturated heterocycles. The molecule has 2 N–H and O–H groups in total. The second kappa shape index (κ2) is 5.30. The van der Waals surface area contributed by atoms with Crippen molar-refractivity contribution in [2.24, 2.45) is 7.05 Å². The minimum atomic E-state index is -0.935. The number of hydrogen-bond acceptors (Lipinski definition) is 4. The van der Waals surface area contributed by atoms with E-state index in [-0.39, 0.29) is 19.0 Å². The van der Waals surface area contributed by atoms with Crippen molar-refractivity contribution < 1.29 is 14.7 Å². The largest absolute Gasteiger partial charge is 0.480 e. The van der Waals surface area contributed by atoms with Crippen LogP contribution in [0.4, 0.5) is 0 Å². The topological polar surface area (TPSA) is 87.5 Å². The van der Waals surface area contributed by atoms with Crippen LogP contribution in [0, 0.1) is 6.92 Å². The molecule has 1 unspecified atom stereocenters. The van der Waals surface area contributed by atoms with Crippen LogP contribution in [0.2, 0.25) is 0 Å². The van der Waals surface area contributed by atoms with Gasteiger partial charge in [0.2, 0.25) is 5.91 Å². The summed E-state index contributed by atoms with van der Waals surface area (Å²) in [4.78, 5) is 24.3. The first-order valence-electron chi connectivity index (χ1n) is 5.81. The maximum Gasteiger partial charge on any atom is 0.322 e. The number of aliphatic carboxylic acids is 1. The highest BCUT2D eigenvalue weighted by atomic mass is 79.9. The lowest BCUT2D eigenvalue weighted by Crippen LogP contribution is -2.57. The van der Waals surface area contributed by atoms with E-state index in [1.54, 1.807) is 16.6 Å². The van der Waals surface area contributed by atoms with E-state index in [2.05, 4.69) is 26.3 Å². The zero-order valence-electron chi connectivity index (χ0n) is 10.7. The lowest BCUT2D eigenvalue weighted by atomic mass is 10.1. The molecule has 0 saturated carbocycles. The SMILES string of the molecule is Cc1nn(C)c(CN2CC(=O)NCC2C(=O)O)c1Br. The Morgan fingerprint density at radius 1 is 1.63 bits per heavy atom. The summed E-state index contributed by atoms with van der Waals surface area (Å²) in [6.07, 6.45) is 0. The maximum absolute atomic E-state index is 11.4. The first-order chi connectivity index (χ1) is 8.90. The Bertz CT molecular complexity index is 528. The normalized spacial score (nSPS) is 20.4. The lowest BCUT2D eigenvalue weighted by molar-refractivity contribution is -0.146. The molecule has 2 rings (SSSR count). The molecule has 8 heteroatoms. The summed E-state index contributed by atoms with van der Waals surface area (Å²) in [5, 5.41) is 16.0. The molecule has 1 fully saturated rings. The number of piperazine rings is 1. The number of carbonyl (C=O) groups is 2. The van der Waals surface area contributed by atoms with Crippen molar-refractivity contribution in [1.29, 1.82) is 0 Å². The average molecular weight is 331 g/mol. The van der Waals surface area contributed by atoms with Crippen molar-refractivity contribution in [2.45, 2.75) is 19.5 Å². The fourth-order valence-corrected chi connectivity index (χ4v) is 2.61. The molecule has 2 heterocycles. The van der Waals surface area contributed by atoms with E-state index in [0.717, 1.165) is 15.9 Å². The maximum atomic E-state index is 11.4. The van der Waals surface area contributed by atoms with E-state index in [9.17, 15) is 14.7 Å². The Labute approximate surface area is 118 Å². The number of amides is 1. The molecule has 0 spiro atoms. The van der Waals surface area contributed by atoms with Crippen molar-refractivity contribution in [3.63, 3.8) is 0 Å². The highest BCUT2D eigenvalue weighted by molar-refractivity contribution is 9.10. The Morgan fingerprint density at radius 3 is 2.84 bits per heavy atom. The summed E-state index contributed by atoms with van der Waals surface area (Å²) in [6.45, 7) is 2.43. The van der Waals surface area contributed by atoms with Gasteiger partial charge in [0, 0.05) is 20.1 Å². The number of nitrogens with one attached hydrogen (secondary N) is 1. The van der Waals surface area contributed by atoms with Crippen LogP contribution in [-0.2, 0) is 23.2 Å². The quantitative estimate of drug-likeness (QED) is 0.806. The first kappa shape index (κ1) is 14.0. The van der Waals surface area contributed by atoms with Gasteiger partial charge in [-0.3, -0.25) is 19.2 Å². The second-order valence-corrected chi connectivity index (χ2v) is 5.33. The van der Waals surface area contributed by atoms with Crippen LogP contribution < -0.4 is 5.32 Å². The fraction of sp³-hybridized carbons (Fsp3) is 0.545. The molecule has 7 nitrogen and oxygen atoms in total. The van der Waals surface area contributed by atoms with Crippen molar-refractivity contribution >= 4 is 27.8 Å². The Balaban J connectivity index is 2.23. The molecular formula is C11H15BrN4O3. The number of halogens is 1. The molecule has 1 amide bonds. The molecule has 0 aliphatic carbocycles. The van der Waals surface area contributed by atoms with Gasteiger partial charge in [-0.05, 0) is 22.9 Å². The van der Waals surface area contributed by atoms with Gasteiger partial charge in [-0.25, -0.2) is 0 Å². The van der Waals surface area contributed by atoms with Gasteiger partial charge in [-0.15, -0.1) is 0 Å². The first-order valence-corrected chi connectivity index (χ1v) is 6.61. The third-order valence-corrected chi connectivity index (χ3v) is 4.21. The lowest BCUT2D eigenvalue weighted by Gasteiger charge is -2.32. The monoisotopic (exact) mass is 330 g/mol. The number of carbonyl (C=O) groups excluding carboxylic acids is 1. The van der Waals surface area contributed by atoms with Crippen LogP contribution in [-0.4, -0.2) is 50.8 Å². The third kappa shape index (κ3) is 2.79. The van der Waals surface area contributed by atoms with Crippen LogP contribution in [0.3, 0.4) is 0 Å². The number of rotatable bonds is 3. The summed E-state index contributed by atoms with van der Waals surface area (Å²) in [5.74, 6) is -1.09. The molecule has 104 valence electrons. The van der Waals surface area contributed by atoms with Gasteiger partial charge in [0.15, 0.2) is 0 Å².